The Morgan fingerprint density at radius 3 is 2.71 bits per heavy atom. The molecule has 2 rings (SSSR count). The first-order valence-corrected chi connectivity index (χ1v) is 4.96. The summed E-state index contributed by atoms with van der Waals surface area (Å²) in [5.41, 5.74) is 5.85. The van der Waals surface area contributed by atoms with Gasteiger partial charge in [-0.1, -0.05) is 6.07 Å². The highest BCUT2D eigenvalue weighted by molar-refractivity contribution is 5.62. The van der Waals surface area contributed by atoms with Gasteiger partial charge in [-0.3, -0.25) is 0 Å². The average molecular weight is 232 g/mol. The van der Waals surface area contributed by atoms with E-state index in [1.165, 1.54) is 13.2 Å². The summed E-state index contributed by atoms with van der Waals surface area (Å²) in [5.74, 6) is 1.10. The number of benzene rings is 1. The second-order valence-electron chi connectivity index (χ2n) is 3.30. The SMILES string of the molecule is COc1cccnc1Oc1cccc(O)c1N. The van der Waals surface area contributed by atoms with Gasteiger partial charge in [-0.25, -0.2) is 4.98 Å². The van der Waals surface area contributed by atoms with E-state index < -0.39 is 0 Å². The number of pyridine rings is 1. The number of phenols is 1. The third-order valence-electron chi connectivity index (χ3n) is 2.21. The zero-order valence-corrected chi connectivity index (χ0v) is 9.25. The predicted molar refractivity (Wildman–Crippen MR) is 63.4 cm³/mol. The van der Waals surface area contributed by atoms with Crippen molar-refractivity contribution in [3.63, 3.8) is 0 Å². The van der Waals surface area contributed by atoms with Gasteiger partial charge in [-0.15, -0.1) is 0 Å². The number of aromatic nitrogens is 1. The zero-order valence-electron chi connectivity index (χ0n) is 9.25. The van der Waals surface area contributed by atoms with E-state index in [9.17, 15) is 5.11 Å². The van der Waals surface area contributed by atoms with Crippen LogP contribution in [0.15, 0.2) is 36.5 Å². The normalized spacial score (nSPS) is 9.94. The first kappa shape index (κ1) is 11.1. The zero-order chi connectivity index (χ0) is 12.3. The molecule has 3 N–H and O–H groups in total. The van der Waals surface area contributed by atoms with E-state index in [1.54, 1.807) is 30.5 Å². The fourth-order valence-electron chi connectivity index (χ4n) is 1.33. The molecule has 0 unspecified atom stereocenters. The van der Waals surface area contributed by atoms with Crippen molar-refractivity contribution >= 4 is 5.69 Å². The van der Waals surface area contributed by atoms with Gasteiger partial charge in [0.1, 0.15) is 11.4 Å². The number of hydrogen-bond acceptors (Lipinski definition) is 5. The molecule has 5 heteroatoms. The summed E-state index contributed by atoms with van der Waals surface area (Å²) in [6.45, 7) is 0. The van der Waals surface area contributed by atoms with Gasteiger partial charge in [0.15, 0.2) is 11.5 Å². The maximum atomic E-state index is 9.45. The van der Waals surface area contributed by atoms with Gasteiger partial charge < -0.3 is 20.3 Å². The van der Waals surface area contributed by atoms with Crippen LogP contribution in [0.1, 0.15) is 0 Å². The summed E-state index contributed by atoms with van der Waals surface area (Å²) >= 11 is 0. The van der Waals surface area contributed by atoms with Crippen molar-refractivity contribution in [2.24, 2.45) is 0 Å². The predicted octanol–water partition coefficient (Wildman–Crippen LogP) is 2.17. The van der Waals surface area contributed by atoms with Crippen LogP contribution in [0.5, 0.6) is 23.1 Å². The fourth-order valence-corrected chi connectivity index (χ4v) is 1.33. The molecule has 88 valence electrons. The molecule has 0 fully saturated rings. The molecule has 1 heterocycles. The van der Waals surface area contributed by atoms with Gasteiger partial charge in [0.05, 0.1) is 7.11 Å². The Kier molecular flexibility index (Phi) is 3.00. The number of aromatic hydroxyl groups is 1. The van der Waals surface area contributed by atoms with E-state index in [0.717, 1.165) is 0 Å². The third-order valence-corrected chi connectivity index (χ3v) is 2.21. The van der Waals surface area contributed by atoms with Crippen molar-refractivity contribution in [3.8, 4) is 23.1 Å². The average Bonchev–Trinajstić information content (AvgIpc) is 2.35. The Morgan fingerprint density at radius 1 is 1.18 bits per heavy atom. The van der Waals surface area contributed by atoms with Gasteiger partial charge in [-0.2, -0.15) is 0 Å². The molecule has 0 aliphatic heterocycles. The second-order valence-corrected chi connectivity index (χ2v) is 3.30. The first-order chi connectivity index (χ1) is 8.22. The van der Waals surface area contributed by atoms with Crippen LogP contribution >= 0.6 is 0 Å². The van der Waals surface area contributed by atoms with Crippen LogP contribution in [0.2, 0.25) is 0 Å². The lowest BCUT2D eigenvalue weighted by molar-refractivity contribution is 0.369. The highest BCUT2D eigenvalue weighted by atomic mass is 16.5. The van der Waals surface area contributed by atoms with E-state index in [2.05, 4.69) is 4.98 Å². The molecular formula is C12H12N2O3. The Bertz CT molecular complexity index is 529. The number of phenolic OH excluding ortho intramolecular Hbond substituents is 1. The summed E-state index contributed by atoms with van der Waals surface area (Å²) in [7, 11) is 1.52. The minimum absolute atomic E-state index is 0.0302. The molecule has 5 nitrogen and oxygen atoms in total. The Morgan fingerprint density at radius 2 is 1.94 bits per heavy atom. The van der Waals surface area contributed by atoms with Crippen LogP contribution in [-0.2, 0) is 0 Å². The van der Waals surface area contributed by atoms with Crippen LogP contribution in [0.4, 0.5) is 5.69 Å². The number of rotatable bonds is 3. The maximum Gasteiger partial charge on any atom is 0.262 e. The highest BCUT2D eigenvalue weighted by Crippen LogP contribution is 2.35. The Balaban J connectivity index is 2.35. The molecule has 0 amide bonds. The highest BCUT2D eigenvalue weighted by Gasteiger charge is 2.10. The van der Waals surface area contributed by atoms with Crippen LogP contribution in [-0.4, -0.2) is 17.2 Å². The van der Waals surface area contributed by atoms with Crippen LogP contribution in [0.3, 0.4) is 0 Å². The van der Waals surface area contributed by atoms with E-state index in [4.69, 9.17) is 15.2 Å². The fraction of sp³-hybridized carbons (Fsp3) is 0.0833. The van der Waals surface area contributed by atoms with E-state index >= 15 is 0 Å². The lowest BCUT2D eigenvalue weighted by atomic mass is 10.3. The molecule has 17 heavy (non-hydrogen) atoms. The van der Waals surface area contributed by atoms with Crippen LogP contribution in [0.25, 0.3) is 0 Å². The molecule has 0 aliphatic rings. The third kappa shape index (κ3) is 2.23. The number of methoxy groups -OCH3 is 1. The van der Waals surface area contributed by atoms with E-state index in [0.29, 0.717) is 17.4 Å². The number of para-hydroxylation sites is 1. The van der Waals surface area contributed by atoms with Crippen molar-refractivity contribution in [2.45, 2.75) is 0 Å². The molecule has 0 spiro atoms. The molecule has 0 atom stereocenters. The van der Waals surface area contributed by atoms with Crippen molar-refractivity contribution in [1.29, 1.82) is 0 Å². The molecule has 2 aromatic rings. The molecule has 0 radical (unpaired) electrons. The lowest BCUT2D eigenvalue weighted by Crippen LogP contribution is -1.96. The number of hydrogen-bond donors (Lipinski definition) is 2. The van der Waals surface area contributed by atoms with E-state index in [1.807, 2.05) is 0 Å². The van der Waals surface area contributed by atoms with Gasteiger partial charge in [0, 0.05) is 6.20 Å². The molecule has 1 aromatic heterocycles. The first-order valence-electron chi connectivity index (χ1n) is 4.96. The quantitative estimate of drug-likeness (QED) is 0.626. The summed E-state index contributed by atoms with van der Waals surface area (Å²) in [6.07, 6.45) is 1.58. The van der Waals surface area contributed by atoms with Crippen LogP contribution < -0.4 is 15.2 Å². The van der Waals surface area contributed by atoms with Crippen molar-refractivity contribution < 1.29 is 14.6 Å². The number of ether oxygens (including phenoxy) is 2. The Labute approximate surface area is 98.4 Å². The molecule has 0 aliphatic carbocycles. The minimum atomic E-state index is -0.0302. The smallest absolute Gasteiger partial charge is 0.262 e. The van der Waals surface area contributed by atoms with Gasteiger partial charge in [0.25, 0.3) is 5.88 Å². The summed E-state index contributed by atoms with van der Waals surface area (Å²) in [6, 6.07) is 8.22. The van der Waals surface area contributed by atoms with Gasteiger partial charge >= 0.3 is 0 Å². The summed E-state index contributed by atoms with van der Waals surface area (Å²) in [5, 5.41) is 9.45. The molecule has 0 bridgehead atoms. The number of nitrogens with zero attached hydrogens (tertiary/aromatic N) is 1. The van der Waals surface area contributed by atoms with Crippen molar-refractivity contribution in [2.75, 3.05) is 12.8 Å². The maximum absolute atomic E-state index is 9.45. The second kappa shape index (κ2) is 4.61. The molecule has 0 saturated carbocycles. The molecular weight excluding hydrogens is 220 g/mol. The molecule has 1 aromatic carbocycles. The lowest BCUT2D eigenvalue weighted by Gasteiger charge is -2.10. The Hall–Kier alpha value is -2.43. The number of nitrogen functional groups attached to an aromatic ring is 1. The van der Waals surface area contributed by atoms with Crippen molar-refractivity contribution in [1.82, 2.24) is 4.98 Å². The standard InChI is InChI=1S/C12H12N2O3/c1-16-10-6-3-7-14-12(10)17-9-5-2-4-8(15)11(9)13/h2-7,15H,13H2,1H3. The monoisotopic (exact) mass is 232 g/mol. The summed E-state index contributed by atoms with van der Waals surface area (Å²) in [4.78, 5) is 4.03. The van der Waals surface area contributed by atoms with Gasteiger partial charge in [0.2, 0.25) is 0 Å². The summed E-state index contributed by atoms with van der Waals surface area (Å²) < 4.78 is 10.6. The van der Waals surface area contributed by atoms with E-state index in [-0.39, 0.29) is 11.4 Å². The minimum Gasteiger partial charge on any atom is -0.506 e. The topological polar surface area (TPSA) is 77.6 Å². The van der Waals surface area contributed by atoms with Crippen molar-refractivity contribution in [3.05, 3.63) is 36.5 Å². The van der Waals surface area contributed by atoms with Crippen LogP contribution in [0, 0.1) is 0 Å². The number of nitrogens with two attached hydrogens (primary N) is 1. The van der Waals surface area contributed by atoms with Gasteiger partial charge in [-0.05, 0) is 24.3 Å². The molecule has 0 saturated heterocycles. The largest absolute Gasteiger partial charge is 0.506 e. The number of anilines is 1.